The van der Waals surface area contributed by atoms with Crippen molar-refractivity contribution in [3.63, 3.8) is 0 Å². The number of benzene rings is 1. The van der Waals surface area contributed by atoms with Gasteiger partial charge in [0.05, 0.1) is 4.90 Å². The van der Waals surface area contributed by atoms with E-state index in [4.69, 9.17) is 0 Å². The number of carbonyl (C=O) groups is 1. The summed E-state index contributed by atoms with van der Waals surface area (Å²) in [5, 5.41) is 2.38. The minimum absolute atomic E-state index is 0.0756. The molecule has 1 aromatic carbocycles. The van der Waals surface area contributed by atoms with Gasteiger partial charge in [-0.3, -0.25) is 0 Å². The number of hydrogen-bond donors (Lipinski definition) is 3. The molecule has 0 aliphatic rings. The first-order valence-corrected chi connectivity index (χ1v) is 7.47. The fourth-order valence-electron chi connectivity index (χ4n) is 1.27. The van der Waals surface area contributed by atoms with Gasteiger partial charge in [-0.1, -0.05) is 6.07 Å². The van der Waals surface area contributed by atoms with Crippen LogP contribution in [0.1, 0.15) is 11.1 Å². The molecule has 0 spiro atoms. The topological polar surface area (TPSA) is 75.3 Å². The SMILES string of the molecule is Cc1ccc(S(=O)(=O)NC(=O)NCCS)cc1C. The summed E-state index contributed by atoms with van der Waals surface area (Å²) in [6, 6.07) is 3.96. The summed E-state index contributed by atoms with van der Waals surface area (Å²) >= 11 is 3.91. The van der Waals surface area contributed by atoms with E-state index in [0.717, 1.165) is 11.1 Å². The number of amides is 2. The molecule has 0 heterocycles. The molecule has 0 aliphatic carbocycles. The van der Waals surface area contributed by atoms with Crippen molar-refractivity contribution in [2.45, 2.75) is 18.7 Å². The van der Waals surface area contributed by atoms with Crippen molar-refractivity contribution in [3.05, 3.63) is 29.3 Å². The fourth-order valence-corrected chi connectivity index (χ4v) is 2.39. The van der Waals surface area contributed by atoms with Crippen LogP contribution in [0.4, 0.5) is 4.79 Å². The number of carbonyl (C=O) groups excluding carboxylic acids is 1. The van der Waals surface area contributed by atoms with E-state index in [-0.39, 0.29) is 4.90 Å². The van der Waals surface area contributed by atoms with Gasteiger partial charge < -0.3 is 5.32 Å². The lowest BCUT2D eigenvalue weighted by Crippen LogP contribution is -2.40. The van der Waals surface area contributed by atoms with Crippen LogP contribution in [0.3, 0.4) is 0 Å². The van der Waals surface area contributed by atoms with Gasteiger partial charge >= 0.3 is 6.03 Å². The highest BCUT2D eigenvalue weighted by Gasteiger charge is 2.17. The fraction of sp³-hybridized carbons (Fsp3) is 0.364. The Hall–Kier alpha value is -1.21. The van der Waals surface area contributed by atoms with Crippen molar-refractivity contribution in [3.8, 4) is 0 Å². The molecule has 0 unspecified atom stereocenters. The number of nitrogens with one attached hydrogen (secondary N) is 2. The predicted molar refractivity (Wildman–Crippen MR) is 73.5 cm³/mol. The quantitative estimate of drug-likeness (QED) is 0.729. The number of rotatable bonds is 4. The molecule has 5 nitrogen and oxygen atoms in total. The van der Waals surface area contributed by atoms with Crippen molar-refractivity contribution < 1.29 is 13.2 Å². The Morgan fingerprint density at radius 2 is 1.94 bits per heavy atom. The highest BCUT2D eigenvalue weighted by Crippen LogP contribution is 2.14. The van der Waals surface area contributed by atoms with Crippen LogP contribution in [0.15, 0.2) is 23.1 Å². The Bertz CT molecular complexity index is 541. The molecule has 7 heteroatoms. The average molecular weight is 288 g/mol. The summed E-state index contributed by atoms with van der Waals surface area (Å²) in [4.78, 5) is 11.4. The van der Waals surface area contributed by atoms with Crippen LogP contribution in [-0.2, 0) is 10.0 Å². The smallest absolute Gasteiger partial charge is 0.328 e. The van der Waals surface area contributed by atoms with Gasteiger partial charge in [-0.05, 0) is 37.1 Å². The Morgan fingerprint density at radius 3 is 2.50 bits per heavy atom. The molecule has 0 saturated carbocycles. The van der Waals surface area contributed by atoms with Crippen molar-refractivity contribution in [1.82, 2.24) is 10.0 Å². The average Bonchev–Trinajstić information content (AvgIpc) is 2.29. The molecule has 18 heavy (non-hydrogen) atoms. The Balaban J connectivity index is 2.86. The monoisotopic (exact) mass is 288 g/mol. The van der Waals surface area contributed by atoms with E-state index in [0.29, 0.717) is 12.3 Å². The molecule has 0 bridgehead atoms. The van der Waals surface area contributed by atoms with E-state index >= 15 is 0 Å². The molecular weight excluding hydrogens is 272 g/mol. The first kappa shape index (κ1) is 14.8. The predicted octanol–water partition coefficient (Wildman–Crippen LogP) is 1.22. The van der Waals surface area contributed by atoms with Crippen LogP contribution in [0.25, 0.3) is 0 Å². The van der Waals surface area contributed by atoms with E-state index in [2.05, 4.69) is 17.9 Å². The summed E-state index contributed by atoms with van der Waals surface area (Å²) in [7, 11) is -3.82. The van der Waals surface area contributed by atoms with Crippen molar-refractivity contribution >= 4 is 28.7 Å². The van der Waals surface area contributed by atoms with Gasteiger partial charge in [0.25, 0.3) is 10.0 Å². The number of thiol groups is 1. The van der Waals surface area contributed by atoms with Gasteiger partial charge in [0.1, 0.15) is 0 Å². The Kier molecular flexibility index (Phi) is 5.03. The third-order valence-corrected chi connectivity index (χ3v) is 3.97. The zero-order chi connectivity index (χ0) is 13.8. The van der Waals surface area contributed by atoms with Crippen LogP contribution in [0.5, 0.6) is 0 Å². The van der Waals surface area contributed by atoms with E-state index in [1.165, 1.54) is 12.1 Å². The summed E-state index contributed by atoms with van der Waals surface area (Å²) in [5.41, 5.74) is 1.85. The summed E-state index contributed by atoms with van der Waals surface area (Å²) in [6.07, 6.45) is 0. The lowest BCUT2D eigenvalue weighted by Gasteiger charge is -2.09. The second-order valence-electron chi connectivity index (χ2n) is 3.83. The summed E-state index contributed by atoms with van der Waals surface area (Å²) < 4.78 is 25.7. The summed E-state index contributed by atoms with van der Waals surface area (Å²) in [5.74, 6) is 0.442. The molecule has 100 valence electrons. The molecular formula is C11H16N2O3S2. The minimum atomic E-state index is -3.82. The zero-order valence-electron chi connectivity index (χ0n) is 10.2. The third-order valence-electron chi connectivity index (χ3n) is 2.41. The highest BCUT2D eigenvalue weighted by molar-refractivity contribution is 7.90. The Morgan fingerprint density at radius 1 is 1.28 bits per heavy atom. The first-order chi connectivity index (χ1) is 8.36. The van der Waals surface area contributed by atoms with Crippen molar-refractivity contribution in [2.75, 3.05) is 12.3 Å². The molecule has 2 N–H and O–H groups in total. The van der Waals surface area contributed by atoms with Crippen molar-refractivity contribution in [2.24, 2.45) is 0 Å². The van der Waals surface area contributed by atoms with Gasteiger partial charge in [-0.15, -0.1) is 0 Å². The van der Waals surface area contributed by atoms with Gasteiger partial charge in [0.2, 0.25) is 0 Å². The van der Waals surface area contributed by atoms with Crippen LogP contribution in [0, 0.1) is 13.8 Å². The van der Waals surface area contributed by atoms with Crippen LogP contribution >= 0.6 is 12.6 Å². The van der Waals surface area contributed by atoms with E-state index < -0.39 is 16.1 Å². The maximum Gasteiger partial charge on any atom is 0.328 e. The van der Waals surface area contributed by atoms with Crippen molar-refractivity contribution in [1.29, 1.82) is 0 Å². The van der Waals surface area contributed by atoms with E-state index in [9.17, 15) is 13.2 Å². The minimum Gasteiger partial charge on any atom is -0.336 e. The first-order valence-electron chi connectivity index (χ1n) is 5.35. The molecule has 0 atom stereocenters. The molecule has 0 radical (unpaired) electrons. The maximum atomic E-state index is 11.9. The van der Waals surface area contributed by atoms with Gasteiger partial charge in [0.15, 0.2) is 0 Å². The molecule has 1 aromatic rings. The number of aryl methyl sites for hydroxylation is 2. The maximum absolute atomic E-state index is 11.9. The van der Waals surface area contributed by atoms with Crippen LogP contribution in [-0.4, -0.2) is 26.7 Å². The largest absolute Gasteiger partial charge is 0.336 e. The molecule has 0 fully saturated rings. The highest BCUT2D eigenvalue weighted by atomic mass is 32.2. The van der Waals surface area contributed by atoms with Gasteiger partial charge in [0, 0.05) is 12.3 Å². The molecule has 1 rings (SSSR count). The van der Waals surface area contributed by atoms with E-state index in [1.807, 2.05) is 18.6 Å². The second-order valence-corrected chi connectivity index (χ2v) is 5.96. The van der Waals surface area contributed by atoms with Crippen LogP contribution < -0.4 is 10.0 Å². The normalized spacial score (nSPS) is 11.1. The standard InChI is InChI=1S/C11H16N2O3S2/c1-8-3-4-10(7-9(8)2)18(15,16)13-11(14)12-5-6-17/h3-4,7,17H,5-6H2,1-2H3,(H2,12,13,14). The van der Waals surface area contributed by atoms with E-state index in [1.54, 1.807) is 6.07 Å². The van der Waals surface area contributed by atoms with Gasteiger partial charge in [-0.2, -0.15) is 12.6 Å². The lowest BCUT2D eigenvalue weighted by atomic mass is 10.1. The number of hydrogen-bond acceptors (Lipinski definition) is 4. The summed E-state index contributed by atoms with van der Waals surface area (Å²) in [6.45, 7) is 4.01. The van der Waals surface area contributed by atoms with Crippen LogP contribution in [0.2, 0.25) is 0 Å². The van der Waals surface area contributed by atoms with Gasteiger partial charge in [-0.25, -0.2) is 17.9 Å². The zero-order valence-corrected chi connectivity index (χ0v) is 11.9. The Labute approximate surface area is 112 Å². The molecule has 0 saturated heterocycles. The molecule has 0 aromatic heterocycles. The number of urea groups is 1. The lowest BCUT2D eigenvalue weighted by molar-refractivity contribution is 0.246. The third kappa shape index (κ3) is 3.92. The second kappa shape index (κ2) is 6.10. The number of sulfonamides is 1. The molecule has 2 amide bonds. The molecule has 0 aliphatic heterocycles.